The van der Waals surface area contributed by atoms with Crippen molar-refractivity contribution in [2.24, 2.45) is 0 Å². The average molecular weight is 376 g/mol. The Balaban J connectivity index is 2.01. The topological polar surface area (TPSA) is 44.8 Å². The van der Waals surface area contributed by atoms with E-state index >= 15 is 0 Å². The largest absolute Gasteiger partial charge is 0.489 e. The molecule has 0 fully saturated rings. The summed E-state index contributed by atoms with van der Waals surface area (Å²) in [5.74, 6) is 0.850. The second-order valence-electron chi connectivity index (χ2n) is 6.29. The van der Waals surface area contributed by atoms with E-state index in [1.54, 1.807) is 0 Å². The Bertz CT molecular complexity index is 702. The zero-order valence-corrected chi connectivity index (χ0v) is 16.8. The molecule has 142 valence electrons. The van der Waals surface area contributed by atoms with Gasteiger partial charge in [-0.25, -0.2) is 0 Å². The van der Waals surface area contributed by atoms with E-state index in [9.17, 15) is 4.57 Å². The highest BCUT2D eigenvalue weighted by Crippen LogP contribution is 2.51. The number of rotatable bonds is 11. The van der Waals surface area contributed by atoms with Gasteiger partial charge in [-0.1, -0.05) is 56.3 Å². The van der Waals surface area contributed by atoms with Gasteiger partial charge in [0, 0.05) is 0 Å². The van der Waals surface area contributed by atoms with Crippen LogP contribution in [0.15, 0.2) is 54.6 Å². The maximum Gasteiger partial charge on any atom is 0.331 e. The second-order valence-corrected chi connectivity index (χ2v) is 8.40. The van der Waals surface area contributed by atoms with Gasteiger partial charge in [0.2, 0.25) is 0 Å². The van der Waals surface area contributed by atoms with E-state index in [1.165, 1.54) is 0 Å². The van der Waals surface area contributed by atoms with Gasteiger partial charge < -0.3 is 13.8 Å². The monoisotopic (exact) mass is 376 g/mol. The van der Waals surface area contributed by atoms with Gasteiger partial charge in [0.1, 0.15) is 12.4 Å². The van der Waals surface area contributed by atoms with Crippen molar-refractivity contribution in [3.8, 4) is 5.75 Å². The summed E-state index contributed by atoms with van der Waals surface area (Å²) in [6, 6.07) is 18.0. The number of hydrogen-bond donors (Lipinski definition) is 0. The van der Waals surface area contributed by atoms with Gasteiger partial charge in [-0.15, -0.1) is 0 Å². The van der Waals surface area contributed by atoms with Crippen LogP contribution in [0.2, 0.25) is 0 Å². The van der Waals surface area contributed by atoms with Crippen LogP contribution >= 0.6 is 7.60 Å². The van der Waals surface area contributed by atoms with Crippen LogP contribution in [-0.2, 0) is 20.2 Å². The summed E-state index contributed by atoms with van der Waals surface area (Å²) in [6.07, 6.45) is 1.18. The standard InChI is InChI=1S/C21H29O4P/c1-4-14-25-26(22,24-5-2)17-18(3)20-12-9-13-21(15-20)23-16-19-10-7-6-8-11-19/h6-13,15,18H,4-5,14,16-17H2,1-3H3/t18-,26?/m1/s1. The SMILES string of the molecule is CCCOP(=O)(C[C@@H](C)c1cccc(OCc2ccccc2)c1)OCC. The molecular weight excluding hydrogens is 347 g/mol. The first-order chi connectivity index (χ1) is 12.6. The van der Waals surface area contributed by atoms with Gasteiger partial charge in [-0.2, -0.15) is 0 Å². The van der Waals surface area contributed by atoms with Crippen LogP contribution in [-0.4, -0.2) is 19.4 Å². The maximum absolute atomic E-state index is 12.9. The van der Waals surface area contributed by atoms with Crippen molar-refractivity contribution >= 4 is 7.60 Å². The molecule has 0 saturated heterocycles. The Morgan fingerprint density at radius 1 is 1.00 bits per heavy atom. The van der Waals surface area contributed by atoms with Gasteiger partial charge in [0.05, 0.1) is 19.4 Å². The summed E-state index contributed by atoms with van der Waals surface area (Å²) < 4.78 is 29.8. The van der Waals surface area contributed by atoms with E-state index in [4.69, 9.17) is 13.8 Å². The molecule has 26 heavy (non-hydrogen) atoms. The fourth-order valence-corrected chi connectivity index (χ4v) is 4.68. The fraction of sp³-hybridized carbons (Fsp3) is 0.429. The molecular formula is C21H29O4P. The van der Waals surface area contributed by atoms with Crippen LogP contribution in [0.3, 0.4) is 0 Å². The lowest BCUT2D eigenvalue weighted by molar-refractivity contribution is 0.210. The summed E-state index contributed by atoms with van der Waals surface area (Å²) in [7, 11) is -3.08. The number of benzene rings is 2. The highest BCUT2D eigenvalue weighted by molar-refractivity contribution is 7.53. The Morgan fingerprint density at radius 2 is 1.77 bits per heavy atom. The third kappa shape index (κ3) is 6.60. The molecule has 0 N–H and O–H groups in total. The summed E-state index contributed by atoms with van der Waals surface area (Å²) in [4.78, 5) is 0. The molecule has 0 saturated carbocycles. The third-order valence-corrected chi connectivity index (χ3v) is 6.21. The van der Waals surface area contributed by atoms with Gasteiger partial charge >= 0.3 is 7.60 Å². The molecule has 0 heterocycles. The third-order valence-electron chi connectivity index (χ3n) is 3.99. The molecule has 2 aromatic carbocycles. The minimum atomic E-state index is -3.08. The lowest BCUT2D eigenvalue weighted by atomic mass is 10.0. The van der Waals surface area contributed by atoms with E-state index in [2.05, 4.69) is 0 Å². The molecule has 2 aromatic rings. The maximum atomic E-state index is 12.9. The summed E-state index contributed by atoms with van der Waals surface area (Å²) in [5, 5.41) is 0. The first-order valence-electron chi connectivity index (χ1n) is 9.21. The average Bonchev–Trinajstić information content (AvgIpc) is 2.66. The van der Waals surface area contributed by atoms with Crippen molar-refractivity contribution in [3.63, 3.8) is 0 Å². The van der Waals surface area contributed by atoms with Crippen molar-refractivity contribution < 1.29 is 18.3 Å². The molecule has 0 radical (unpaired) electrons. The van der Waals surface area contributed by atoms with Crippen LogP contribution in [0.25, 0.3) is 0 Å². The zero-order valence-electron chi connectivity index (χ0n) is 15.9. The minimum Gasteiger partial charge on any atom is -0.489 e. The molecule has 0 aliphatic carbocycles. The molecule has 0 spiro atoms. The summed E-state index contributed by atoms with van der Waals surface area (Å²) in [5.41, 5.74) is 2.19. The molecule has 0 aliphatic rings. The van der Waals surface area contributed by atoms with Crippen molar-refractivity contribution in [2.75, 3.05) is 19.4 Å². The predicted octanol–water partition coefficient (Wildman–Crippen LogP) is 6.03. The molecule has 0 aliphatic heterocycles. The molecule has 1 unspecified atom stereocenters. The fourth-order valence-electron chi connectivity index (χ4n) is 2.66. The zero-order chi connectivity index (χ0) is 18.8. The van der Waals surface area contributed by atoms with Crippen molar-refractivity contribution in [1.29, 1.82) is 0 Å². The Hall–Kier alpha value is -1.61. The van der Waals surface area contributed by atoms with Crippen LogP contribution in [0, 0.1) is 0 Å². The van der Waals surface area contributed by atoms with Gasteiger partial charge in [0.25, 0.3) is 0 Å². The summed E-state index contributed by atoms with van der Waals surface area (Å²) >= 11 is 0. The Morgan fingerprint density at radius 3 is 2.46 bits per heavy atom. The lowest BCUT2D eigenvalue weighted by Crippen LogP contribution is -2.07. The lowest BCUT2D eigenvalue weighted by Gasteiger charge is -2.21. The van der Waals surface area contributed by atoms with Gasteiger partial charge in [0.15, 0.2) is 0 Å². The molecule has 2 rings (SSSR count). The van der Waals surface area contributed by atoms with Crippen molar-refractivity contribution in [3.05, 3.63) is 65.7 Å². The molecule has 2 atom stereocenters. The van der Waals surface area contributed by atoms with Crippen LogP contribution in [0.1, 0.15) is 44.2 Å². The van der Waals surface area contributed by atoms with Crippen LogP contribution in [0.5, 0.6) is 5.75 Å². The predicted molar refractivity (Wildman–Crippen MR) is 106 cm³/mol. The van der Waals surface area contributed by atoms with Crippen LogP contribution < -0.4 is 4.74 Å². The van der Waals surface area contributed by atoms with E-state index in [0.29, 0.717) is 26.0 Å². The smallest absolute Gasteiger partial charge is 0.331 e. The molecule has 4 nitrogen and oxygen atoms in total. The minimum absolute atomic E-state index is 0.0458. The van der Waals surface area contributed by atoms with E-state index in [1.807, 2.05) is 75.4 Å². The molecule has 0 bridgehead atoms. The van der Waals surface area contributed by atoms with Crippen LogP contribution in [0.4, 0.5) is 0 Å². The van der Waals surface area contributed by atoms with Gasteiger partial charge in [-0.3, -0.25) is 4.57 Å². The van der Waals surface area contributed by atoms with E-state index in [0.717, 1.165) is 23.3 Å². The van der Waals surface area contributed by atoms with E-state index in [-0.39, 0.29) is 5.92 Å². The highest BCUT2D eigenvalue weighted by atomic mass is 31.2. The molecule has 0 aromatic heterocycles. The second kappa shape index (κ2) is 10.5. The first kappa shape index (κ1) is 20.7. The van der Waals surface area contributed by atoms with Crippen molar-refractivity contribution in [2.45, 2.75) is 39.7 Å². The quantitative estimate of drug-likeness (QED) is 0.450. The highest BCUT2D eigenvalue weighted by Gasteiger charge is 2.27. The summed E-state index contributed by atoms with van der Waals surface area (Å²) in [6.45, 7) is 7.23. The Labute approximate surface area is 157 Å². The first-order valence-corrected chi connectivity index (χ1v) is 10.9. The van der Waals surface area contributed by atoms with Crippen molar-refractivity contribution in [1.82, 2.24) is 0 Å². The normalized spacial score (nSPS) is 14.6. The molecule has 5 heteroatoms. The number of hydrogen-bond acceptors (Lipinski definition) is 4. The van der Waals surface area contributed by atoms with E-state index < -0.39 is 7.60 Å². The molecule has 0 amide bonds. The number of ether oxygens (including phenoxy) is 1. The van der Waals surface area contributed by atoms with Gasteiger partial charge in [-0.05, 0) is 42.5 Å². The Kier molecular flexibility index (Phi) is 8.37.